The van der Waals surface area contributed by atoms with Gasteiger partial charge in [0.1, 0.15) is 5.52 Å². The van der Waals surface area contributed by atoms with Crippen LogP contribution in [0.15, 0.2) is 40.5 Å². The molecule has 2 saturated heterocycles. The molecule has 202 valence electrons. The number of furan rings is 1. The molecule has 8 nitrogen and oxygen atoms in total. The monoisotopic (exact) mass is 516 g/mol. The Morgan fingerprint density at radius 2 is 1.84 bits per heavy atom. The maximum atomic E-state index is 6.40. The third kappa shape index (κ3) is 5.28. The average molecular weight is 517 g/mol. The van der Waals surface area contributed by atoms with Crippen LogP contribution in [0.5, 0.6) is 0 Å². The van der Waals surface area contributed by atoms with Crippen LogP contribution in [0.2, 0.25) is 0 Å². The molecule has 0 saturated carbocycles. The Morgan fingerprint density at radius 3 is 2.61 bits per heavy atom. The van der Waals surface area contributed by atoms with Crippen molar-refractivity contribution in [1.29, 1.82) is 0 Å². The number of benzene rings is 1. The molecule has 38 heavy (non-hydrogen) atoms. The van der Waals surface area contributed by atoms with Gasteiger partial charge in [-0.2, -0.15) is 0 Å². The molecule has 0 unspecified atom stereocenters. The van der Waals surface area contributed by atoms with E-state index in [-0.39, 0.29) is 0 Å². The first-order valence-corrected chi connectivity index (χ1v) is 14.0. The van der Waals surface area contributed by atoms with Gasteiger partial charge in [-0.25, -0.2) is 9.97 Å². The Morgan fingerprint density at radius 1 is 1.05 bits per heavy atom. The lowest BCUT2D eigenvalue weighted by molar-refractivity contribution is 0.122. The highest BCUT2D eigenvalue weighted by Gasteiger charge is 2.25. The van der Waals surface area contributed by atoms with Crippen LogP contribution in [-0.4, -0.2) is 72.8 Å². The number of aromatic amines is 1. The maximum Gasteiger partial charge on any atom is 0.203 e. The SMILES string of the molecule is CC.CNc1oc2c(N3CCOCC3)nc(-c3cccc4[nH]ccc34)nc2c1/C=C(\C)CN1CCCCC1. The number of hydrogen-bond acceptors (Lipinski definition) is 7. The van der Waals surface area contributed by atoms with Crippen LogP contribution in [0.25, 0.3) is 39.5 Å². The van der Waals surface area contributed by atoms with Crippen molar-refractivity contribution in [3.05, 3.63) is 41.6 Å². The van der Waals surface area contributed by atoms with Crippen molar-refractivity contribution >= 4 is 39.8 Å². The summed E-state index contributed by atoms with van der Waals surface area (Å²) < 4.78 is 12.0. The van der Waals surface area contributed by atoms with Crippen LogP contribution in [0, 0.1) is 0 Å². The molecule has 0 bridgehead atoms. The van der Waals surface area contributed by atoms with Gasteiger partial charge in [0, 0.05) is 49.3 Å². The van der Waals surface area contributed by atoms with Crippen molar-refractivity contribution < 1.29 is 9.15 Å². The molecule has 2 aliphatic rings. The number of ether oxygens (including phenoxy) is 1. The fraction of sp³-hybridized carbons (Fsp3) is 0.467. The molecular weight excluding hydrogens is 476 g/mol. The smallest absolute Gasteiger partial charge is 0.203 e. The van der Waals surface area contributed by atoms with E-state index < -0.39 is 0 Å². The molecule has 6 rings (SSSR count). The molecule has 5 heterocycles. The fourth-order valence-corrected chi connectivity index (χ4v) is 5.45. The Hall–Kier alpha value is -3.36. The third-order valence-corrected chi connectivity index (χ3v) is 7.24. The van der Waals surface area contributed by atoms with Crippen LogP contribution in [0.1, 0.15) is 45.6 Å². The second-order valence-corrected chi connectivity index (χ2v) is 9.81. The molecule has 2 N–H and O–H groups in total. The number of aromatic nitrogens is 3. The van der Waals surface area contributed by atoms with E-state index in [4.69, 9.17) is 19.1 Å². The summed E-state index contributed by atoms with van der Waals surface area (Å²) in [5, 5.41) is 4.38. The molecule has 4 aromatic rings. The van der Waals surface area contributed by atoms with Gasteiger partial charge in [0.05, 0.1) is 18.8 Å². The van der Waals surface area contributed by atoms with E-state index in [0.717, 1.165) is 64.5 Å². The molecule has 0 amide bonds. The van der Waals surface area contributed by atoms with Gasteiger partial charge in [-0.1, -0.05) is 38.0 Å². The van der Waals surface area contributed by atoms with Crippen molar-refractivity contribution in [3.8, 4) is 11.4 Å². The number of rotatable bonds is 6. The highest BCUT2D eigenvalue weighted by Crippen LogP contribution is 2.38. The molecule has 0 aliphatic carbocycles. The topological polar surface area (TPSA) is 82.4 Å². The number of likely N-dealkylation sites (tertiary alicyclic amines) is 1. The molecule has 0 spiro atoms. The van der Waals surface area contributed by atoms with E-state index in [1.807, 2.05) is 33.2 Å². The van der Waals surface area contributed by atoms with Gasteiger partial charge in [-0.3, -0.25) is 4.90 Å². The predicted octanol–water partition coefficient (Wildman–Crippen LogP) is 6.16. The summed E-state index contributed by atoms with van der Waals surface area (Å²) in [4.78, 5) is 18.3. The summed E-state index contributed by atoms with van der Waals surface area (Å²) in [7, 11) is 1.90. The van der Waals surface area contributed by atoms with Crippen LogP contribution < -0.4 is 10.2 Å². The normalized spacial score (nSPS) is 17.1. The number of morpholine rings is 1. The first-order valence-electron chi connectivity index (χ1n) is 14.0. The summed E-state index contributed by atoms with van der Waals surface area (Å²) in [6.07, 6.45) is 8.11. The number of hydrogen-bond donors (Lipinski definition) is 2. The van der Waals surface area contributed by atoms with Crippen molar-refractivity contribution in [2.45, 2.75) is 40.0 Å². The van der Waals surface area contributed by atoms with Crippen LogP contribution in [-0.2, 0) is 4.74 Å². The van der Waals surface area contributed by atoms with Gasteiger partial charge in [-0.15, -0.1) is 0 Å². The van der Waals surface area contributed by atoms with Gasteiger partial charge in [-0.05, 0) is 51.1 Å². The molecule has 0 atom stereocenters. The number of anilines is 2. The number of nitrogens with one attached hydrogen (secondary N) is 2. The number of nitrogens with zero attached hydrogens (tertiary/aromatic N) is 4. The lowest BCUT2D eigenvalue weighted by Crippen LogP contribution is -2.37. The molecule has 1 aromatic carbocycles. The molecule has 8 heteroatoms. The zero-order valence-electron chi connectivity index (χ0n) is 23.1. The van der Waals surface area contributed by atoms with Crippen LogP contribution in [0.3, 0.4) is 0 Å². The third-order valence-electron chi connectivity index (χ3n) is 7.24. The highest BCUT2D eigenvalue weighted by atomic mass is 16.5. The Labute approximate surface area is 225 Å². The maximum absolute atomic E-state index is 6.40. The predicted molar refractivity (Wildman–Crippen MR) is 157 cm³/mol. The average Bonchev–Trinajstić information content (AvgIpc) is 3.59. The van der Waals surface area contributed by atoms with E-state index in [2.05, 4.69) is 51.3 Å². The Bertz CT molecular complexity index is 1390. The van der Waals surface area contributed by atoms with E-state index in [1.54, 1.807) is 0 Å². The van der Waals surface area contributed by atoms with Gasteiger partial charge < -0.3 is 24.4 Å². The number of fused-ring (bicyclic) bond motifs is 2. The van der Waals surface area contributed by atoms with Crippen molar-refractivity contribution in [2.75, 3.05) is 63.2 Å². The van der Waals surface area contributed by atoms with Crippen molar-refractivity contribution in [3.63, 3.8) is 0 Å². The van der Waals surface area contributed by atoms with Crippen LogP contribution >= 0.6 is 0 Å². The zero-order valence-corrected chi connectivity index (χ0v) is 23.1. The zero-order chi connectivity index (χ0) is 26.5. The lowest BCUT2D eigenvalue weighted by Gasteiger charge is -2.28. The molecule has 2 fully saturated rings. The largest absolute Gasteiger partial charge is 0.434 e. The number of H-pyrrole nitrogens is 1. The minimum Gasteiger partial charge on any atom is -0.434 e. The van der Waals surface area contributed by atoms with E-state index in [0.29, 0.717) is 19.0 Å². The van der Waals surface area contributed by atoms with E-state index in [9.17, 15) is 0 Å². The van der Waals surface area contributed by atoms with Crippen molar-refractivity contribution in [1.82, 2.24) is 19.9 Å². The summed E-state index contributed by atoms with van der Waals surface area (Å²) in [6, 6.07) is 8.31. The standard InChI is InChI=1S/C28H34N6O2.C2H6/c1-19(18-33-11-4-3-5-12-33)17-22-24-25(36-28(22)29-2)27(34-13-15-35-16-14-34)32-26(31-24)21-7-6-8-23-20(21)9-10-30-23;1-2/h6-10,17,29-30H,3-5,11-16,18H2,1-2H3;1-2H3/b19-17+;. The molecule has 3 aromatic heterocycles. The Balaban J connectivity index is 0.00000144. The fourth-order valence-electron chi connectivity index (χ4n) is 5.45. The minimum absolute atomic E-state index is 0.676. The second-order valence-electron chi connectivity index (χ2n) is 9.81. The first kappa shape index (κ1) is 26.3. The molecule has 0 radical (unpaired) electrons. The van der Waals surface area contributed by atoms with Crippen LogP contribution in [0.4, 0.5) is 11.7 Å². The summed E-state index contributed by atoms with van der Waals surface area (Å²) in [5.74, 6) is 2.26. The van der Waals surface area contributed by atoms with Crippen molar-refractivity contribution in [2.24, 2.45) is 0 Å². The molecular formula is C30H40N6O2. The van der Waals surface area contributed by atoms with Gasteiger partial charge >= 0.3 is 0 Å². The highest BCUT2D eigenvalue weighted by molar-refractivity contribution is 5.99. The van der Waals surface area contributed by atoms with E-state index in [1.165, 1.54) is 37.9 Å². The summed E-state index contributed by atoms with van der Waals surface area (Å²) >= 11 is 0. The van der Waals surface area contributed by atoms with E-state index >= 15 is 0 Å². The summed E-state index contributed by atoms with van der Waals surface area (Å²) in [5.41, 5.74) is 5.94. The second kappa shape index (κ2) is 12.0. The summed E-state index contributed by atoms with van der Waals surface area (Å²) in [6.45, 7) is 12.4. The first-order chi connectivity index (χ1) is 18.7. The molecule has 2 aliphatic heterocycles. The minimum atomic E-state index is 0.676. The quantitative estimate of drug-likeness (QED) is 0.317. The van der Waals surface area contributed by atoms with Gasteiger partial charge in [0.2, 0.25) is 5.88 Å². The van der Waals surface area contributed by atoms with Gasteiger partial charge in [0.25, 0.3) is 0 Å². The Kier molecular flexibility index (Phi) is 8.29. The van der Waals surface area contributed by atoms with Gasteiger partial charge in [0.15, 0.2) is 17.2 Å². The lowest BCUT2D eigenvalue weighted by atomic mass is 10.1. The number of piperidine rings is 1.